The molecule has 144 valence electrons. The Balaban J connectivity index is 1.79. The molecule has 1 aromatic carbocycles. The Labute approximate surface area is 158 Å². The summed E-state index contributed by atoms with van der Waals surface area (Å²) < 4.78 is 46.8. The lowest BCUT2D eigenvalue weighted by molar-refractivity contribution is -0.137. The molecule has 0 fully saturated rings. The maximum Gasteiger partial charge on any atom is 0.416 e. The smallest absolute Gasteiger partial charge is 0.416 e. The molecule has 0 atom stereocenters. The van der Waals surface area contributed by atoms with Gasteiger partial charge in [0.05, 0.1) is 12.7 Å². The molecule has 2 heterocycles. The van der Waals surface area contributed by atoms with Gasteiger partial charge in [-0.1, -0.05) is 23.9 Å². The zero-order chi connectivity index (χ0) is 19.6. The summed E-state index contributed by atoms with van der Waals surface area (Å²) in [5.74, 6) is 1.58. The molecule has 0 N–H and O–H groups in total. The number of hydrogen-bond acceptors (Lipinski definition) is 5. The van der Waals surface area contributed by atoms with Crippen LogP contribution in [0.25, 0.3) is 11.4 Å². The van der Waals surface area contributed by atoms with Crippen LogP contribution in [-0.4, -0.2) is 31.7 Å². The number of nitrogens with zero attached hydrogens (tertiary/aromatic N) is 5. The van der Waals surface area contributed by atoms with Crippen LogP contribution in [0.15, 0.2) is 35.6 Å². The van der Waals surface area contributed by atoms with Crippen molar-refractivity contribution in [2.45, 2.75) is 30.6 Å². The highest BCUT2D eigenvalue weighted by Gasteiger charge is 2.30. The van der Waals surface area contributed by atoms with Gasteiger partial charge in [0.15, 0.2) is 11.0 Å². The van der Waals surface area contributed by atoms with Gasteiger partial charge in [0.25, 0.3) is 0 Å². The number of benzene rings is 1. The summed E-state index contributed by atoms with van der Waals surface area (Å²) in [5, 5.41) is 13.4. The summed E-state index contributed by atoms with van der Waals surface area (Å²) in [6.45, 7) is 2.60. The highest BCUT2D eigenvalue weighted by molar-refractivity contribution is 7.98. The summed E-state index contributed by atoms with van der Waals surface area (Å²) in [7, 11) is 3.33. The number of methoxy groups -OCH3 is 1. The lowest BCUT2D eigenvalue weighted by Crippen LogP contribution is -2.04. The third-order valence-corrected chi connectivity index (χ3v) is 4.95. The second-order valence-corrected chi connectivity index (χ2v) is 6.70. The zero-order valence-electron chi connectivity index (χ0n) is 15.0. The number of hydrogen-bond donors (Lipinski definition) is 0. The van der Waals surface area contributed by atoms with Crippen molar-refractivity contribution in [3.8, 4) is 17.3 Å². The van der Waals surface area contributed by atoms with Crippen molar-refractivity contribution in [3.63, 3.8) is 0 Å². The number of aryl methyl sites for hydroxylation is 1. The minimum atomic E-state index is -4.33. The first kappa shape index (κ1) is 19.3. The second-order valence-electron chi connectivity index (χ2n) is 5.76. The lowest BCUT2D eigenvalue weighted by Gasteiger charge is -2.08. The van der Waals surface area contributed by atoms with Gasteiger partial charge in [-0.3, -0.25) is 4.68 Å². The maximum atomic E-state index is 12.7. The largest absolute Gasteiger partial charge is 0.479 e. The highest BCUT2D eigenvalue weighted by Crippen LogP contribution is 2.32. The van der Waals surface area contributed by atoms with Crippen LogP contribution < -0.4 is 4.74 Å². The first-order valence-corrected chi connectivity index (χ1v) is 9.12. The van der Waals surface area contributed by atoms with Crippen molar-refractivity contribution in [1.82, 2.24) is 24.5 Å². The molecule has 10 heteroatoms. The number of rotatable bonds is 6. The van der Waals surface area contributed by atoms with E-state index < -0.39 is 11.7 Å². The van der Waals surface area contributed by atoms with Crippen LogP contribution in [-0.2, 0) is 25.5 Å². The predicted molar refractivity (Wildman–Crippen MR) is 95.5 cm³/mol. The average Bonchev–Trinajstić information content (AvgIpc) is 3.21. The van der Waals surface area contributed by atoms with Crippen LogP contribution in [0, 0.1) is 0 Å². The highest BCUT2D eigenvalue weighted by atomic mass is 32.2. The van der Waals surface area contributed by atoms with Gasteiger partial charge < -0.3 is 9.30 Å². The molecule has 3 aromatic rings. The van der Waals surface area contributed by atoms with E-state index >= 15 is 0 Å². The molecule has 0 unspecified atom stereocenters. The zero-order valence-corrected chi connectivity index (χ0v) is 15.8. The summed E-state index contributed by atoms with van der Waals surface area (Å²) >= 11 is 1.41. The summed E-state index contributed by atoms with van der Waals surface area (Å²) in [4.78, 5) is 0. The van der Waals surface area contributed by atoms with Gasteiger partial charge in [-0.15, -0.1) is 15.3 Å². The second kappa shape index (κ2) is 7.63. The topological polar surface area (TPSA) is 57.8 Å². The minimum Gasteiger partial charge on any atom is -0.479 e. The van der Waals surface area contributed by atoms with E-state index in [2.05, 4.69) is 15.3 Å². The number of aromatic nitrogens is 5. The number of halogens is 3. The summed E-state index contributed by atoms with van der Waals surface area (Å²) in [6, 6.07) is 5.14. The third kappa shape index (κ3) is 4.10. The van der Waals surface area contributed by atoms with E-state index in [1.54, 1.807) is 25.0 Å². The normalized spacial score (nSPS) is 11.8. The molecule has 3 rings (SSSR count). The summed E-state index contributed by atoms with van der Waals surface area (Å²) in [6.07, 6.45) is -2.52. The molecule has 0 radical (unpaired) electrons. The first-order chi connectivity index (χ1) is 12.8. The Morgan fingerprint density at radius 2 is 1.85 bits per heavy atom. The van der Waals surface area contributed by atoms with Crippen molar-refractivity contribution in [1.29, 1.82) is 0 Å². The molecule has 0 saturated heterocycles. The number of thioether (sulfide) groups is 1. The van der Waals surface area contributed by atoms with E-state index in [1.165, 1.54) is 23.9 Å². The van der Waals surface area contributed by atoms with Gasteiger partial charge in [-0.05, 0) is 24.6 Å². The van der Waals surface area contributed by atoms with Crippen LogP contribution in [0.5, 0.6) is 5.88 Å². The fourth-order valence-corrected chi connectivity index (χ4v) is 3.55. The first-order valence-electron chi connectivity index (χ1n) is 8.13. The molecule has 0 spiro atoms. The Morgan fingerprint density at radius 3 is 2.44 bits per heavy atom. The van der Waals surface area contributed by atoms with E-state index in [-0.39, 0.29) is 0 Å². The monoisotopic (exact) mass is 397 g/mol. The Kier molecular flexibility index (Phi) is 5.45. The van der Waals surface area contributed by atoms with Crippen LogP contribution in [0.2, 0.25) is 0 Å². The Bertz CT molecular complexity index is 918. The predicted octanol–water partition coefficient (Wildman–Crippen LogP) is 4.02. The number of alkyl halides is 3. The van der Waals surface area contributed by atoms with Crippen molar-refractivity contribution < 1.29 is 17.9 Å². The quantitative estimate of drug-likeness (QED) is 0.588. The van der Waals surface area contributed by atoms with Crippen molar-refractivity contribution in [2.75, 3.05) is 7.11 Å². The molecule has 6 nitrogen and oxygen atoms in total. The van der Waals surface area contributed by atoms with Crippen molar-refractivity contribution in [3.05, 3.63) is 41.6 Å². The average molecular weight is 397 g/mol. The molecule has 0 aliphatic carbocycles. The van der Waals surface area contributed by atoms with Crippen LogP contribution in [0.3, 0.4) is 0 Å². The Hall–Kier alpha value is -2.49. The fraction of sp³-hybridized carbons (Fsp3) is 0.353. The standard InChI is InChI=1S/C17H18F3N5OS/c1-4-25-14(13-9-24(2)23-15(13)26-3)21-22-16(25)27-10-11-5-7-12(8-6-11)17(18,19)20/h5-9H,4,10H2,1-3H3. The van der Waals surface area contributed by atoms with Crippen LogP contribution in [0.4, 0.5) is 13.2 Å². The minimum absolute atomic E-state index is 0.457. The van der Waals surface area contributed by atoms with E-state index in [9.17, 15) is 13.2 Å². The van der Waals surface area contributed by atoms with Crippen LogP contribution >= 0.6 is 11.8 Å². The maximum absolute atomic E-state index is 12.7. The van der Waals surface area contributed by atoms with E-state index in [4.69, 9.17) is 4.74 Å². The SMILES string of the molecule is CCn1c(SCc2ccc(C(F)(F)F)cc2)nnc1-c1cn(C)nc1OC. The van der Waals surface area contributed by atoms with Gasteiger partial charge in [0.1, 0.15) is 5.56 Å². The molecule has 27 heavy (non-hydrogen) atoms. The van der Waals surface area contributed by atoms with E-state index in [0.717, 1.165) is 23.3 Å². The van der Waals surface area contributed by atoms with E-state index in [1.807, 2.05) is 11.5 Å². The molecule has 0 saturated carbocycles. The molecular formula is C17H18F3N5OS. The molecule has 0 aliphatic heterocycles. The third-order valence-electron chi connectivity index (χ3n) is 3.91. The van der Waals surface area contributed by atoms with Crippen molar-refractivity contribution in [2.24, 2.45) is 7.05 Å². The molecule has 0 amide bonds. The van der Waals surface area contributed by atoms with Gasteiger partial charge in [0.2, 0.25) is 5.88 Å². The fourth-order valence-electron chi connectivity index (χ4n) is 2.59. The molecule has 0 aliphatic rings. The molecule has 2 aromatic heterocycles. The van der Waals surface area contributed by atoms with Crippen LogP contribution in [0.1, 0.15) is 18.1 Å². The van der Waals surface area contributed by atoms with Gasteiger partial charge in [-0.2, -0.15) is 13.2 Å². The molecule has 0 bridgehead atoms. The van der Waals surface area contributed by atoms with Gasteiger partial charge in [0, 0.05) is 25.5 Å². The van der Waals surface area contributed by atoms with Gasteiger partial charge >= 0.3 is 6.18 Å². The van der Waals surface area contributed by atoms with E-state index in [0.29, 0.717) is 29.2 Å². The number of ether oxygens (including phenoxy) is 1. The van der Waals surface area contributed by atoms with Crippen molar-refractivity contribution >= 4 is 11.8 Å². The Morgan fingerprint density at radius 1 is 1.15 bits per heavy atom. The molecular weight excluding hydrogens is 379 g/mol. The lowest BCUT2D eigenvalue weighted by atomic mass is 10.1. The summed E-state index contributed by atoms with van der Waals surface area (Å²) in [5.41, 5.74) is 0.855. The van der Waals surface area contributed by atoms with Gasteiger partial charge in [-0.25, -0.2) is 0 Å².